The van der Waals surface area contributed by atoms with Gasteiger partial charge < -0.3 is 4.90 Å². The molecule has 2 rings (SSSR count). The summed E-state index contributed by atoms with van der Waals surface area (Å²) in [5.74, 6) is 0.230. The van der Waals surface area contributed by atoms with Gasteiger partial charge in [0.05, 0.1) is 6.04 Å². The van der Waals surface area contributed by atoms with Crippen LogP contribution in [0.15, 0.2) is 24.3 Å². The number of Topliss-reactive ketones (excluding diaryl/α,β-unsaturated/α-hetero) is 1. The number of likely N-dealkylation sites (N-methyl/N-ethyl adjacent to an activating group) is 1. The Morgan fingerprint density at radius 1 is 1.33 bits per heavy atom. The topological polar surface area (TPSA) is 20.3 Å². The van der Waals surface area contributed by atoms with E-state index in [4.69, 9.17) is 0 Å². The molecule has 1 aromatic carbocycles. The molecule has 0 fully saturated rings. The minimum Gasteiger partial charge on any atom is -0.364 e. The third-order valence-corrected chi connectivity index (χ3v) is 2.51. The Labute approximate surface area is 71.8 Å². The van der Waals surface area contributed by atoms with Crippen molar-refractivity contribution in [1.29, 1.82) is 0 Å². The van der Waals surface area contributed by atoms with Crippen molar-refractivity contribution in [3.05, 3.63) is 29.8 Å². The number of hydrogen-bond donors (Lipinski definition) is 0. The van der Waals surface area contributed by atoms with Gasteiger partial charge in [0.2, 0.25) is 0 Å². The summed E-state index contributed by atoms with van der Waals surface area (Å²) in [4.78, 5) is 13.6. The Hall–Kier alpha value is -1.31. The van der Waals surface area contributed by atoms with Crippen molar-refractivity contribution in [3.8, 4) is 0 Å². The normalized spacial score (nSPS) is 21.3. The van der Waals surface area contributed by atoms with E-state index in [1.54, 1.807) is 0 Å². The molecular formula is C10H11NO. The Bertz CT molecular complexity index is 332. The van der Waals surface area contributed by atoms with Crippen LogP contribution in [0.2, 0.25) is 0 Å². The summed E-state index contributed by atoms with van der Waals surface area (Å²) in [5, 5.41) is 0. The van der Waals surface area contributed by atoms with Gasteiger partial charge in [0.15, 0.2) is 5.78 Å². The number of benzene rings is 1. The SMILES string of the molecule is CC1C(=O)c2ccccc2N1C. The van der Waals surface area contributed by atoms with Crippen molar-refractivity contribution in [1.82, 2.24) is 0 Å². The zero-order valence-electron chi connectivity index (χ0n) is 7.24. The van der Waals surface area contributed by atoms with Gasteiger partial charge in [-0.3, -0.25) is 4.79 Å². The fourth-order valence-corrected chi connectivity index (χ4v) is 1.60. The van der Waals surface area contributed by atoms with Gasteiger partial charge in [0.25, 0.3) is 0 Å². The van der Waals surface area contributed by atoms with Crippen molar-refractivity contribution in [3.63, 3.8) is 0 Å². The molecule has 0 saturated heterocycles. The largest absolute Gasteiger partial charge is 0.364 e. The highest BCUT2D eigenvalue weighted by atomic mass is 16.1. The number of carbonyl (C=O) groups excluding carboxylic acids is 1. The van der Waals surface area contributed by atoms with Gasteiger partial charge in [-0.25, -0.2) is 0 Å². The molecule has 2 nitrogen and oxygen atoms in total. The van der Waals surface area contributed by atoms with Gasteiger partial charge in [-0.1, -0.05) is 12.1 Å². The predicted molar refractivity (Wildman–Crippen MR) is 48.6 cm³/mol. The molecule has 0 amide bonds. The molecule has 1 aliphatic rings. The molecule has 0 bridgehead atoms. The first kappa shape index (κ1) is 7.35. The second-order valence-electron chi connectivity index (χ2n) is 3.17. The van der Waals surface area contributed by atoms with Crippen molar-refractivity contribution < 1.29 is 4.79 Å². The first-order valence-corrected chi connectivity index (χ1v) is 4.08. The summed E-state index contributed by atoms with van der Waals surface area (Å²) in [7, 11) is 1.95. The molecule has 1 atom stereocenters. The number of hydrogen-bond acceptors (Lipinski definition) is 2. The second kappa shape index (κ2) is 2.34. The Morgan fingerprint density at radius 3 is 2.67 bits per heavy atom. The number of anilines is 1. The van der Waals surface area contributed by atoms with Crippen LogP contribution in [0.3, 0.4) is 0 Å². The molecule has 0 N–H and O–H groups in total. The molecule has 12 heavy (non-hydrogen) atoms. The molecule has 1 unspecified atom stereocenters. The van der Waals surface area contributed by atoms with Crippen LogP contribution in [0.5, 0.6) is 0 Å². The molecule has 2 heteroatoms. The van der Waals surface area contributed by atoms with Gasteiger partial charge in [-0.05, 0) is 19.1 Å². The van der Waals surface area contributed by atoms with Gasteiger partial charge in [-0.2, -0.15) is 0 Å². The highest BCUT2D eigenvalue weighted by molar-refractivity contribution is 6.10. The van der Waals surface area contributed by atoms with E-state index in [2.05, 4.69) is 0 Å². The zero-order valence-corrected chi connectivity index (χ0v) is 7.24. The standard InChI is InChI=1S/C10H11NO/c1-7-10(12)8-5-3-4-6-9(8)11(7)2/h3-7H,1-2H3. The highest BCUT2D eigenvalue weighted by Gasteiger charge is 2.30. The van der Waals surface area contributed by atoms with Crippen molar-refractivity contribution >= 4 is 11.5 Å². The van der Waals surface area contributed by atoms with E-state index < -0.39 is 0 Å². The summed E-state index contributed by atoms with van der Waals surface area (Å²) < 4.78 is 0. The highest BCUT2D eigenvalue weighted by Crippen LogP contribution is 2.29. The molecule has 62 valence electrons. The lowest BCUT2D eigenvalue weighted by Crippen LogP contribution is -2.28. The van der Waals surface area contributed by atoms with Crippen LogP contribution in [0, 0.1) is 0 Å². The van der Waals surface area contributed by atoms with E-state index in [1.807, 2.05) is 43.1 Å². The number of para-hydroxylation sites is 1. The maximum atomic E-state index is 11.6. The predicted octanol–water partition coefficient (Wildman–Crippen LogP) is 1.71. The maximum Gasteiger partial charge on any atom is 0.186 e. The van der Waals surface area contributed by atoms with E-state index in [9.17, 15) is 4.79 Å². The number of ketones is 1. The Kier molecular flexibility index (Phi) is 1.43. The maximum absolute atomic E-state index is 11.6. The first-order valence-electron chi connectivity index (χ1n) is 4.08. The summed E-state index contributed by atoms with van der Waals surface area (Å²) in [5.41, 5.74) is 1.91. The number of carbonyl (C=O) groups is 1. The molecule has 0 saturated carbocycles. The van der Waals surface area contributed by atoms with E-state index in [-0.39, 0.29) is 11.8 Å². The quantitative estimate of drug-likeness (QED) is 0.577. The third-order valence-electron chi connectivity index (χ3n) is 2.51. The minimum atomic E-state index is 0.00222. The number of rotatable bonds is 0. The van der Waals surface area contributed by atoms with E-state index in [0.717, 1.165) is 11.3 Å². The van der Waals surface area contributed by atoms with Crippen LogP contribution < -0.4 is 4.90 Å². The fourth-order valence-electron chi connectivity index (χ4n) is 1.60. The lowest BCUT2D eigenvalue weighted by molar-refractivity contribution is 0.0978. The Morgan fingerprint density at radius 2 is 2.00 bits per heavy atom. The van der Waals surface area contributed by atoms with E-state index >= 15 is 0 Å². The van der Waals surface area contributed by atoms with Crippen LogP contribution in [0.1, 0.15) is 17.3 Å². The lowest BCUT2D eigenvalue weighted by Gasteiger charge is -2.16. The van der Waals surface area contributed by atoms with Gasteiger partial charge in [0, 0.05) is 18.3 Å². The van der Waals surface area contributed by atoms with Gasteiger partial charge >= 0.3 is 0 Å². The minimum absolute atomic E-state index is 0.00222. The van der Waals surface area contributed by atoms with Crippen LogP contribution in [-0.2, 0) is 0 Å². The molecular weight excluding hydrogens is 150 g/mol. The first-order chi connectivity index (χ1) is 5.72. The summed E-state index contributed by atoms with van der Waals surface area (Å²) >= 11 is 0. The molecule has 1 heterocycles. The third kappa shape index (κ3) is 0.779. The average molecular weight is 161 g/mol. The lowest BCUT2D eigenvalue weighted by atomic mass is 10.1. The molecule has 0 aromatic heterocycles. The van der Waals surface area contributed by atoms with Crippen LogP contribution in [0.4, 0.5) is 5.69 Å². The molecule has 1 aromatic rings. The van der Waals surface area contributed by atoms with Crippen LogP contribution in [-0.4, -0.2) is 18.9 Å². The molecule has 0 radical (unpaired) electrons. The van der Waals surface area contributed by atoms with Crippen molar-refractivity contribution in [2.45, 2.75) is 13.0 Å². The summed E-state index contributed by atoms with van der Waals surface area (Å²) in [6.45, 7) is 1.93. The molecule has 1 aliphatic heterocycles. The second-order valence-corrected chi connectivity index (χ2v) is 3.17. The van der Waals surface area contributed by atoms with Crippen LogP contribution in [0.25, 0.3) is 0 Å². The average Bonchev–Trinajstić information content (AvgIpc) is 2.33. The van der Waals surface area contributed by atoms with Crippen molar-refractivity contribution in [2.24, 2.45) is 0 Å². The van der Waals surface area contributed by atoms with Gasteiger partial charge in [-0.15, -0.1) is 0 Å². The van der Waals surface area contributed by atoms with E-state index in [1.165, 1.54) is 0 Å². The van der Waals surface area contributed by atoms with E-state index in [0.29, 0.717) is 0 Å². The number of fused-ring (bicyclic) bond motifs is 1. The summed E-state index contributed by atoms with van der Waals surface area (Å²) in [6, 6.07) is 7.74. The number of nitrogens with zero attached hydrogens (tertiary/aromatic N) is 1. The summed E-state index contributed by atoms with van der Waals surface area (Å²) in [6.07, 6.45) is 0. The fraction of sp³-hybridized carbons (Fsp3) is 0.300. The van der Waals surface area contributed by atoms with Crippen molar-refractivity contribution in [2.75, 3.05) is 11.9 Å². The van der Waals surface area contributed by atoms with Crippen LogP contribution >= 0.6 is 0 Å². The smallest absolute Gasteiger partial charge is 0.186 e. The Balaban J connectivity index is 2.59. The van der Waals surface area contributed by atoms with Gasteiger partial charge in [0.1, 0.15) is 0 Å². The zero-order chi connectivity index (χ0) is 8.72. The monoisotopic (exact) mass is 161 g/mol. The molecule has 0 aliphatic carbocycles. The molecule has 0 spiro atoms.